The molecule has 4 rings (SSSR count). The standard InChI is InChI=1S/C19H21N5O2/c25-18(16-8-1-3-10-20-16)21-15-7-5-6-14(12-15)13-24-19(26)23-11-4-2-9-17(23)22-24/h2,4-7,9,11-12,16,20H,1,3,8,10,13H2,(H,21,25). The fourth-order valence-electron chi connectivity index (χ4n) is 3.30. The molecular weight excluding hydrogens is 330 g/mol. The average Bonchev–Trinajstić information content (AvgIpc) is 2.99. The molecule has 7 nitrogen and oxygen atoms in total. The first-order chi connectivity index (χ1) is 12.7. The Balaban J connectivity index is 1.51. The van der Waals surface area contributed by atoms with Crippen molar-refractivity contribution in [3.63, 3.8) is 0 Å². The van der Waals surface area contributed by atoms with E-state index in [-0.39, 0.29) is 17.6 Å². The maximum atomic E-state index is 12.4. The number of fused-ring (bicyclic) bond motifs is 1. The Kier molecular flexibility index (Phi) is 4.53. The summed E-state index contributed by atoms with van der Waals surface area (Å²) >= 11 is 0. The van der Waals surface area contributed by atoms with Gasteiger partial charge in [-0.25, -0.2) is 9.48 Å². The van der Waals surface area contributed by atoms with Crippen molar-refractivity contribution in [3.8, 4) is 0 Å². The van der Waals surface area contributed by atoms with Crippen molar-refractivity contribution < 1.29 is 4.79 Å². The van der Waals surface area contributed by atoms with E-state index in [9.17, 15) is 9.59 Å². The fourth-order valence-corrected chi connectivity index (χ4v) is 3.30. The van der Waals surface area contributed by atoms with Gasteiger partial charge in [0.25, 0.3) is 0 Å². The van der Waals surface area contributed by atoms with Crippen molar-refractivity contribution in [2.45, 2.75) is 31.8 Å². The Hall–Kier alpha value is -2.93. The largest absolute Gasteiger partial charge is 0.350 e. The topological polar surface area (TPSA) is 80.4 Å². The van der Waals surface area contributed by atoms with Crippen LogP contribution in [0.4, 0.5) is 5.69 Å². The molecule has 1 amide bonds. The second kappa shape index (κ2) is 7.13. The van der Waals surface area contributed by atoms with E-state index in [1.165, 1.54) is 9.08 Å². The second-order valence-electron chi connectivity index (χ2n) is 6.56. The van der Waals surface area contributed by atoms with Crippen molar-refractivity contribution in [2.24, 2.45) is 0 Å². The number of amides is 1. The lowest BCUT2D eigenvalue weighted by molar-refractivity contribution is -0.118. The summed E-state index contributed by atoms with van der Waals surface area (Å²) in [7, 11) is 0. The first-order valence-corrected chi connectivity index (χ1v) is 8.88. The number of piperidine rings is 1. The Labute approximate surface area is 150 Å². The van der Waals surface area contributed by atoms with Gasteiger partial charge < -0.3 is 10.6 Å². The Morgan fingerprint density at radius 2 is 2.15 bits per heavy atom. The van der Waals surface area contributed by atoms with E-state index in [2.05, 4.69) is 15.7 Å². The van der Waals surface area contributed by atoms with Crippen LogP contribution in [0.1, 0.15) is 24.8 Å². The predicted octanol–water partition coefficient (Wildman–Crippen LogP) is 1.62. The summed E-state index contributed by atoms with van der Waals surface area (Å²) in [6.45, 7) is 1.24. The van der Waals surface area contributed by atoms with Gasteiger partial charge in [0.1, 0.15) is 0 Å². The quantitative estimate of drug-likeness (QED) is 0.749. The number of nitrogens with zero attached hydrogens (tertiary/aromatic N) is 3. The van der Waals surface area contributed by atoms with Gasteiger partial charge in [0.2, 0.25) is 5.91 Å². The lowest BCUT2D eigenvalue weighted by atomic mass is 10.0. The van der Waals surface area contributed by atoms with Gasteiger partial charge in [0.05, 0.1) is 12.6 Å². The zero-order chi connectivity index (χ0) is 17.9. The van der Waals surface area contributed by atoms with Gasteiger partial charge in [-0.1, -0.05) is 24.6 Å². The van der Waals surface area contributed by atoms with Crippen LogP contribution in [-0.4, -0.2) is 32.7 Å². The van der Waals surface area contributed by atoms with E-state index < -0.39 is 0 Å². The summed E-state index contributed by atoms with van der Waals surface area (Å²) in [5.41, 5.74) is 2.08. The molecule has 26 heavy (non-hydrogen) atoms. The highest BCUT2D eigenvalue weighted by Crippen LogP contribution is 2.14. The minimum atomic E-state index is -0.179. The maximum Gasteiger partial charge on any atom is 0.350 e. The lowest BCUT2D eigenvalue weighted by Crippen LogP contribution is -2.43. The minimum Gasteiger partial charge on any atom is -0.325 e. The van der Waals surface area contributed by atoms with Crippen LogP contribution in [0.5, 0.6) is 0 Å². The first-order valence-electron chi connectivity index (χ1n) is 8.88. The van der Waals surface area contributed by atoms with Gasteiger partial charge in [0.15, 0.2) is 5.65 Å². The number of carbonyl (C=O) groups is 1. The number of anilines is 1. The van der Waals surface area contributed by atoms with Crippen molar-refractivity contribution in [3.05, 3.63) is 64.7 Å². The molecule has 0 bridgehead atoms. The molecule has 1 atom stereocenters. The Morgan fingerprint density at radius 1 is 1.23 bits per heavy atom. The number of hydrogen-bond donors (Lipinski definition) is 2. The molecule has 0 radical (unpaired) electrons. The summed E-state index contributed by atoms with van der Waals surface area (Å²) in [5.74, 6) is -0.00764. The van der Waals surface area contributed by atoms with Crippen LogP contribution in [0, 0.1) is 0 Å². The van der Waals surface area contributed by atoms with E-state index in [1.807, 2.05) is 30.3 Å². The molecule has 1 aromatic carbocycles. The zero-order valence-corrected chi connectivity index (χ0v) is 14.4. The van der Waals surface area contributed by atoms with E-state index >= 15 is 0 Å². The van der Waals surface area contributed by atoms with Gasteiger partial charge in [-0.15, -0.1) is 5.10 Å². The fraction of sp³-hybridized carbons (Fsp3) is 0.316. The molecule has 3 aromatic rings. The minimum absolute atomic E-state index is 0.00764. The Morgan fingerprint density at radius 3 is 2.96 bits per heavy atom. The molecule has 1 aliphatic heterocycles. The Bertz CT molecular complexity index is 985. The third-order valence-corrected chi connectivity index (χ3v) is 4.64. The van der Waals surface area contributed by atoms with Crippen molar-refractivity contribution >= 4 is 17.2 Å². The van der Waals surface area contributed by atoms with Crippen molar-refractivity contribution in [1.29, 1.82) is 0 Å². The number of rotatable bonds is 4. The summed E-state index contributed by atoms with van der Waals surface area (Å²) in [5, 5.41) is 10.6. The van der Waals surface area contributed by atoms with Gasteiger partial charge >= 0.3 is 5.69 Å². The molecule has 1 fully saturated rings. The lowest BCUT2D eigenvalue weighted by Gasteiger charge is -2.22. The zero-order valence-electron chi connectivity index (χ0n) is 14.4. The summed E-state index contributed by atoms with van der Waals surface area (Å²) in [6, 6.07) is 12.9. The average molecular weight is 351 g/mol. The van der Waals surface area contributed by atoms with Crippen LogP contribution in [0.3, 0.4) is 0 Å². The normalized spacial score (nSPS) is 17.3. The molecule has 7 heteroatoms. The molecule has 2 N–H and O–H groups in total. The summed E-state index contributed by atoms with van der Waals surface area (Å²) < 4.78 is 2.94. The number of aromatic nitrogens is 3. The van der Waals surface area contributed by atoms with E-state index in [1.54, 1.807) is 18.3 Å². The van der Waals surface area contributed by atoms with E-state index in [0.29, 0.717) is 12.2 Å². The van der Waals surface area contributed by atoms with Crippen molar-refractivity contribution in [2.75, 3.05) is 11.9 Å². The molecule has 0 aliphatic carbocycles. The molecule has 1 saturated heterocycles. The van der Waals surface area contributed by atoms with Crippen LogP contribution in [0.15, 0.2) is 53.5 Å². The van der Waals surface area contributed by atoms with E-state index in [4.69, 9.17) is 0 Å². The molecule has 1 aliphatic rings. The number of hydrogen-bond acceptors (Lipinski definition) is 4. The highest BCUT2D eigenvalue weighted by atomic mass is 16.2. The molecule has 0 spiro atoms. The van der Waals surface area contributed by atoms with Crippen LogP contribution in [0.2, 0.25) is 0 Å². The summed E-state index contributed by atoms with van der Waals surface area (Å²) in [6.07, 6.45) is 4.76. The molecule has 134 valence electrons. The van der Waals surface area contributed by atoms with E-state index in [0.717, 1.165) is 37.1 Å². The number of pyridine rings is 1. The van der Waals surface area contributed by atoms with Crippen LogP contribution in [0.25, 0.3) is 5.65 Å². The number of nitrogens with one attached hydrogen (secondary N) is 2. The molecule has 1 unspecified atom stereocenters. The number of benzene rings is 1. The molecular formula is C19H21N5O2. The van der Waals surface area contributed by atoms with Crippen LogP contribution in [-0.2, 0) is 11.3 Å². The predicted molar refractivity (Wildman–Crippen MR) is 99.3 cm³/mol. The van der Waals surface area contributed by atoms with Crippen LogP contribution < -0.4 is 16.3 Å². The smallest absolute Gasteiger partial charge is 0.325 e. The van der Waals surface area contributed by atoms with Crippen molar-refractivity contribution in [1.82, 2.24) is 19.5 Å². The third-order valence-electron chi connectivity index (χ3n) is 4.64. The molecule has 2 aromatic heterocycles. The molecule has 0 saturated carbocycles. The maximum absolute atomic E-state index is 12.4. The van der Waals surface area contributed by atoms with Gasteiger partial charge in [-0.3, -0.25) is 9.20 Å². The SMILES string of the molecule is O=C(Nc1cccc(Cn2nc3ccccn3c2=O)c1)C1CCCCN1. The summed E-state index contributed by atoms with van der Waals surface area (Å²) in [4.78, 5) is 24.8. The van der Waals surface area contributed by atoms with Gasteiger partial charge in [-0.05, 0) is 49.2 Å². The third kappa shape index (κ3) is 3.39. The second-order valence-corrected chi connectivity index (χ2v) is 6.56. The van der Waals surface area contributed by atoms with Crippen LogP contribution >= 0.6 is 0 Å². The highest BCUT2D eigenvalue weighted by Gasteiger charge is 2.20. The first kappa shape index (κ1) is 16.5. The highest BCUT2D eigenvalue weighted by molar-refractivity contribution is 5.94. The molecule has 3 heterocycles. The monoisotopic (exact) mass is 351 g/mol. The number of carbonyl (C=O) groups excluding carboxylic acids is 1. The van der Waals surface area contributed by atoms with Gasteiger partial charge in [0, 0.05) is 11.9 Å². The van der Waals surface area contributed by atoms with Gasteiger partial charge in [-0.2, -0.15) is 0 Å².